The van der Waals surface area contributed by atoms with E-state index in [0.717, 1.165) is 19.1 Å². The topological polar surface area (TPSA) is 21.3 Å². The normalized spacial score (nSPS) is 14.4. The molecule has 16 heavy (non-hydrogen) atoms. The van der Waals surface area contributed by atoms with E-state index < -0.39 is 0 Å². The Bertz CT molecular complexity index is 164. The van der Waals surface area contributed by atoms with Gasteiger partial charge in [0.25, 0.3) is 0 Å². The molecule has 0 aliphatic rings. The molecule has 0 saturated carbocycles. The SMILES string of the molecule is CCNC(CC(CC)CC)C(C)(C)OCC. The molecule has 0 bridgehead atoms. The van der Waals surface area contributed by atoms with E-state index in [-0.39, 0.29) is 5.60 Å². The van der Waals surface area contributed by atoms with Gasteiger partial charge in [-0.05, 0) is 39.7 Å². The molecule has 1 unspecified atom stereocenters. The summed E-state index contributed by atoms with van der Waals surface area (Å²) in [7, 11) is 0. The van der Waals surface area contributed by atoms with Crippen LogP contribution >= 0.6 is 0 Å². The Labute approximate surface area is 102 Å². The van der Waals surface area contributed by atoms with Crippen molar-refractivity contribution in [1.82, 2.24) is 5.32 Å². The highest BCUT2D eigenvalue weighted by Gasteiger charge is 2.30. The molecule has 1 N–H and O–H groups in total. The van der Waals surface area contributed by atoms with Crippen LogP contribution in [0.2, 0.25) is 0 Å². The lowest BCUT2D eigenvalue weighted by molar-refractivity contribution is -0.0435. The third-order valence-electron chi connectivity index (χ3n) is 3.53. The third-order valence-corrected chi connectivity index (χ3v) is 3.53. The molecule has 0 aliphatic carbocycles. The summed E-state index contributed by atoms with van der Waals surface area (Å²) < 4.78 is 5.87. The Kier molecular flexibility index (Phi) is 8.04. The number of likely N-dealkylation sites (N-methyl/N-ethyl adjacent to an activating group) is 1. The minimum absolute atomic E-state index is 0.0622. The van der Waals surface area contributed by atoms with Crippen molar-refractivity contribution in [1.29, 1.82) is 0 Å². The number of rotatable bonds is 9. The van der Waals surface area contributed by atoms with E-state index in [9.17, 15) is 0 Å². The van der Waals surface area contributed by atoms with Crippen LogP contribution in [0.1, 0.15) is 60.8 Å². The van der Waals surface area contributed by atoms with Crippen LogP contribution in [-0.4, -0.2) is 24.8 Å². The van der Waals surface area contributed by atoms with Gasteiger partial charge in [0.1, 0.15) is 0 Å². The molecule has 2 heteroatoms. The molecule has 0 aromatic rings. The summed E-state index contributed by atoms with van der Waals surface area (Å²) >= 11 is 0. The van der Waals surface area contributed by atoms with Gasteiger partial charge >= 0.3 is 0 Å². The molecule has 0 rings (SSSR count). The second kappa shape index (κ2) is 8.08. The Morgan fingerprint density at radius 2 is 1.62 bits per heavy atom. The molecule has 0 radical (unpaired) electrons. The van der Waals surface area contributed by atoms with Crippen molar-refractivity contribution in [3.63, 3.8) is 0 Å². The Morgan fingerprint density at radius 3 is 2.00 bits per heavy atom. The van der Waals surface area contributed by atoms with E-state index >= 15 is 0 Å². The molecule has 0 amide bonds. The smallest absolute Gasteiger partial charge is 0.0778 e. The highest BCUT2D eigenvalue weighted by Crippen LogP contribution is 2.24. The molecule has 0 aromatic carbocycles. The van der Waals surface area contributed by atoms with E-state index in [1.165, 1.54) is 19.3 Å². The lowest BCUT2D eigenvalue weighted by atomic mass is 9.86. The fourth-order valence-electron chi connectivity index (χ4n) is 2.29. The summed E-state index contributed by atoms with van der Waals surface area (Å²) in [5.41, 5.74) is -0.0622. The molecule has 0 fully saturated rings. The van der Waals surface area contributed by atoms with Gasteiger partial charge in [0.05, 0.1) is 5.60 Å². The highest BCUT2D eigenvalue weighted by molar-refractivity contribution is 4.87. The van der Waals surface area contributed by atoms with Crippen LogP contribution in [-0.2, 0) is 4.74 Å². The first-order valence-corrected chi connectivity index (χ1v) is 6.89. The predicted molar refractivity (Wildman–Crippen MR) is 71.9 cm³/mol. The van der Waals surface area contributed by atoms with Gasteiger partial charge in [-0.2, -0.15) is 0 Å². The van der Waals surface area contributed by atoms with E-state index in [1.54, 1.807) is 0 Å². The minimum atomic E-state index is -0.0622. The molecule has 0 spiro atoms. The van der Waals surface area contributed by atoms with E-state index in [1.807, 2.05) is 0 Å². The lowest BCUT2D eigenvalue weighted by Gasteiger charge is -2.36. The molecule has 0 aliphatic heterocycles. The fraction of sp³-hybridized carbons (Fsp3) is 1.00. The van der Waals surface area contributed by atoms with Gasteiger partial charge < -0.3 is 10.1 Å². The first-order valence-electron chi connectivity index (χ1n) is 6.89. The second-order valence-electron chi connectivity index (χ2n) is 5.06. The van der Waals surface area contributed by atoms with Crippen LogP contribution in [0.15, 0.2) is 0 Å². The first-order chi connectivity index (χ1) is 7.51. The summed E-state index contributed by atoms with van der Waals surface area (Å²) in [5, 5.41) is 3.58. The van der Waals surface area contributed by atoms with Crippen LogP contribution < -0.4 is 5.32 Å². The van der Waals surface area contributed by atoms with Gasteiger partial charge in [-0.15, -0.1) is 0 Å². The molecular weight excluding hydrogens is 198 g/mol. The summed E-state index contributed by atoms with van der Waals surface area (Å²) in [5.74, 6) is 0.809. The van der Waals surface area contributed by atoms with Crippen LogP contribution in [0.3, 0.4) is 0 Å². The maximum atomic E-state index is 5.87. The minimum Gasteiger partial charge on any atom is -0.374 e. The van der Waals surface area contributed by atoms with Crippen molar-refractivity contribution >= 4 is 0 Å². The average Bonchev–Trinajstić information content (AvgIpc) is 2.24. The number of nitrogens with one attached hydrogen (secondary N) is 1. The maximum Gasteiger partial charge on any atom is 0.0778 e. The zero-order valence-corrected chi connectivity index (χ0v) is 12.1. The maximum absolute atomic E-state index is 5.87. The Morgan fingerprint density at radius 1 is 1.06 bits per heavy atom. The molecule has 98 valence electrons. The van der Waals surface area contributed by atoms with Crippen molar-refractivity contribution in [3.05, 3.63) is 0 Å². The molecule has 2 nitrogen and oxygen atoms in total. The average molecular weight is 229 g/mol. The zero-order valence-electron chi connectivity index (χ0n) is 12.1. The van der Waals surface area contributed by atoms with Crippen LogP contribution in [0, 0.1) is 5.92 Å². The van der Waals surface area contributed by atoms with Crippen molar-refractivity contribution in [2.75, 3.05) is 13.2 Å². The number of hydrogen-bond donors (Lipinski definition) is 1. The largest absolute Gasteiger partial charge is 0.374 e. The predicted octanol–water partition coefficient (Wildman–Crippen LogP) is 3.61. The monoisotopic (exact) mass is 229 g/mol. The summed E-state index contributed by atoms with van der Waals surface area (Å²) in [6.45, 7) is 15.0. The standard InChI is InChI=1S/C14H31NO/c1-7-12(8-2)11-13(15-9-3)14(5,6)16-10-4/h12-13,15H,7-11H2,1-6H3. The number of ether oxygens (including phenoxy) is 1. The summed E-state index contributed by atoms with van der Waals surface area (Å²) in [4.78, 5) is 0. The van der Waals surface area contributed by atoms with Crippen LogP contribution in [0.4, 0.5) is 0 Å². The molecular formula is C14H31NO. The van der Waals surface area contributed by atoms with Gasteiger partial charge in [0.15, 0.2) is 0 Å². The van der Waals surface area contributed by atoms with Gasteiger partial charge in [-0.25, -0.2) is 0 Å². The Balaban J connectivity index is 4.45. The quantitative estimate of drug-likeness (QED) is 0.652. The fourth-order valence-corrected chi connectivity index (χ4v) is 2.29. The van der Waals surface area contributed by atoms with Gasteiger partial charge in [-0.3, -0.25) is 0 Å². The molecule has 0 aromatic heterocycles. The molecule has 0 saturated heterocycles. The lowest BCUT2D eigenvalue weighted by Crippen LogP contribution is -2.49. The summed E-state index contributed by atoms with van der Waals surface area (Å²) in [6.07, 6.45) is 3.75. The van der Waals surface area contributed by atoms with Crippen molar-refractivity contribution in [2.45, 2.75) is 72.4 Å². The Hall–Kier alpha value is -0.0800. The highest BCUT2D eigenvalue weighted by atomic mass is 16.5. The van der Waals surface area contributed by atoms with Gasteiger partial charge in [-0.1, -0.05) is 33.6 Å². The van der Waals surface area contributed by atoms with Crippen molar-refractivity contribution < 1.29 is 4.74 Å². The third kappa shape index (κ3) is 5.31. The van der Waals surface area contributed by atoms with Crippen molar-refractivity contribution in [3.8, 4) is 0 Å². The van der Waals surface area contributed by atoms with Gasteiger partial charge in [0.2, 0.25) is 0 Å². The van der Waals surface area contributed by atoms with Gasteiger partial charge in [0, 0.05) is 12.6 Å². The summed E-state index contributed by atoms with van der Waals surface area (Å²) in [6, 6.07) is 0.461. The van der Waals surface area contributed by atoms with Crippen molar-refractivity contribution in [2.24, 2.45) is 5.92 Å². The first kappa shape index (κ1) is 15.9. The van der Waals surface area contributed by atoms with Crippen LogP contribution in [0.25, 0.3) is 0 Å². The van der Waals surface area contributed by atoms with E-state index in [4.69, 9.17) is 4.74 Å². The zero-order chi connectivity index (χ0) is 12.6. The van der Waals surface area contributed by atoms with E-state index in [0.29, 0.717) is 6.04 Å². The van der Waals surface area contributed by atoms with Crippen LogP contribution in [0.5, 0.6) is 0 Å². The second-order valence-corrected chi connectivity index (χ2v) is 5.06. The number of hydrogen-bond acceptors (Lipinski definition) is 2. The van der Waals surface area contributed by atoms with E-state index in [2.05, 4.69) is 46.9 Å². The molecule has 1 atom stereocenters. The molecule has 0 heterocycles.